The summed E-state index contributed by atoms with van der Waals surface area (Å²) >= 11 is 0. The Kier molecular flexibility index (Phi) is 5.18. The van der Waals surface area contributed by atoms with Crippen molar-refractivity contribution >= 4 is 6.21 Å². The maximum atomic E-state index is 3.95. The Hall–Kier alpha value is -0.590. The van der Waals surface area contributed by atoms with Gasteiger partial charge in [0.1, 0.15) is 0 Å². The van der Waals surface area contributed by atoms with E-state index in [0.717, 1.165) is 0 Å². The summed E-state index contributed by atoms with van der Waals surface area (Å²) in [5, 5.41) is 0. The molecular formula is C8H15N. The third kappa shape index (κ3) is 5.28. The van der Waals surface area contributed by atoms with E-state index in [1.807, 2.05) is 13.1 Å². The van der Waals surface area contributed by atoms with Crippen molar-refractivity contribution in [3.8, 4) is 0 Å². The van der Waals surface area contributed by atoms with Crippen molar-refractivity contribution in [1.82, 2.24) is 0 Å². The first kappa shape index (κ1) is 8.41. The van der Waals surface area contributed by atoms with Crippen LogP contribution in [0.3, 0.4) is 0 Å². The van der Waals surface area contributed by atoms with Crippen LogP contribution in [0.5, 0.6) is 0 Å². The van der Waals surface area contributed by atoms with Gasteiger partial charge in [0.2, 0.25) is 0 Å². The maximum Gasteiger partial charge on any atom is 0.0226 e. The Labute approximate surface area is 57.5 Å². The lowest BCUT2D eigenvalue weighted by Crippen LogP contribution is -1.82. The molecule has 0 rings (SSSR count). The SMILES string of the molecule is C/C=N\C=C/C(C)CC. The Morgan fingerprint density at radius 3 is 2.67 bits per heavy atom. The zero-order chi connectivity index (χ0) is 7.11. The molecular weight excluding hydrogens is 110 g/mol. The first-order chi connectivity index (χ1) is 4.31. The highest BCUT2D eigenvalue weighted by atomic mass is 14.6. The van der Waals surface area contributed by atoms with Crippen LogP contribution < -0.4 is 0 Å². The average molecular weight is 125 g/mol. The van der Waals surface area contributed by atoms with Crippen molar-refractivity contribution < 1.29 is 0 Å². The number of nitrogens with zero attached hydrogens (tertiary/aromatic N) is 1. The molecule has 0 saturated heterocycles. The Morgan fingerprint density at radius 1 is 1.56 bits per heavy atom. The summed E-state index contributed by atoms with van der Waals surface area (Å²) in [4.78, 5) is 3.95. The lowest BCUT2D eigenvalue weighted by Gasteiger charge is -1.95. The number of hydrogen-bond donors (Lipinski definition) is 0. The largest absolute Gasteiger partial charge is 0.270 e. The minimum Gasteiger partial charge on any atom is -0.270 e. The molecule has 52 valence electrons. The van der Waals surface area contributed by atoms with Gasteiger partial charge in [0, 0.05) is 12.4 Å². The van der Waals surface area contributed by atoms with E-state index >= 15 is 0 Å². The Balaban J connectivity index is 3.43. The zero-order valence-electron chi connectivity index (χ0n) is 6.46. The topological polar surface area (TPSA) is 12.4 Å². The van der Waals surface area contributed by atoms with E-state index < -0.39 is 0 Å². The highest BCUT2D eigenvalue weighted by molar-refractivity contribution is 5.54. The molecule has 0 aromatic carbocycles. The minimum atomic E-state index is 0.661. The van der Waals surface area contributed by atoms with Gasteiger partial charge in [-0.1, -0.05) is 26.3 Å². The second kappa shape index (κ2) is 5.54. The highest BCUT2D eigenvalue weighted by Crippen LogP contribution is 2.00. The molecule has 0 radical (unpaired) electrons. The van der Waals surface area contributed by atoms with Gasteiger partial charge in [-0.15, -0.1) is 0 Å². The molecule has 0 spiro atoms. The van der Waals surface area contributed by atoms with Crippen LogP contribution in [0.1, 0.15) is 27.2 Å². The van der Waals surface area contributed by atoms with Crippen molar-refractivity contribution in [1.29, 1.82) is 0 Å². The van der Waals surface area contributed by atoms with Gasteiger partial charge in [-0.05, 0) is 12.8 Å². The van der Waals surface area contributed by atoms with Gasteiger partial charge in [-0.2, -0.15) is 0 Å². The average Bonchev–Trinajstić information content (AvgIpc) is 1.89. The molecule has 0 saturated carbocycles. The Bertz CT molecular complexity index is 103. The fourth-order valence-electron chi connectivity index (χ4n) is 0.419. The summed E-state index contributed by atoms with van der Waals surface area (Å²) in [6.45, 7) is 6.27. The van der Waals surface area contributed by atoms with Gasteiger partial charge >= 0.3 is 0 Å². The molecule has 0 aliphatic rings. The summed E-state index contributed by atoms with van der Waals surface area (Å²) in [5.41, 5.74) is 0. The lowest BCUT2D eigenvalue weighted by atomic mass is 10.1. The van der Waals surface area contributed by atoms with Crippen LogP contribution in [0.25, 0.3) is 0 Å². The molecule has 0 aliphatic carbocycles. The van der Waals surface area contributed by atoms with Crippen LogP contribution >= 0.6 is 0 Å². The molecule has 1 heteroatoms. The van der Waals surface area contributed by atoms with E-state index in [2.05, 4.69) is 24.9 Å². The summed E-state index contributed by atoms with van der Waals surface area (Å²) < 4.78 is 0. The number of hydrogen-bond acceptors (Lipinski definition) is 1. The van der Waals surface area contributed by atoms with Gasteiger partial charge in [0.15, 0.2) is 0 Å². The number of rotatable bonds is 3. The molecule has 0 aromatic rings. The van der Waals surface area contributed by atoms with Crippen molar-refractivity contribution in [2.24, 2.45) is 10.9 Å². The van der Waals surface area contributed by atoms with Crippen LogP contribution in [0.2, 0.25) is 0 Å². The predicted octanol–water partition coefficient (Wildman–Crippen LogP) is 2.64. The number of allylic oxidation sites excluding steroid dienone is 1. The Morgan fingerprint density at radius 2 is 2.22 bits per heavy atom. The monoisotopic (exact) mass is 125 g/mol. The van der Waals surface area contributed by atoms with Crippen LogP contribution in [-0.4, -0.2) is 6.21 Å². The van der Waals surface area contributed by atoms with E-state index in [4.69, 9.17) is 0 Å². The van der Waals surface area contributed by atoms with Crippen LogP contribution in [0, 0.1) is 5.92 Å². The highest BCUT2D eigenvalue weighted by Gasteiger charge is 1.87. The molecule has 1 nitrogen and oxygen atoms in total. The fourth-order valence-corrected chi connectivity index (χ4v) is 0.419. The first-order valence-electron chi connectivity index (χ1n) is 3.45. The first-order valence-corrected chi connectivity index (χ1v) is 3.45. The standard InChI is InChI=1S/C8H15N/c1-4-8(3)6-7-9-5-2/h5-8H,4H2,1-3H3/b7-6-,9-5-. The summed E-state index contributed by atoms with van der Waals surface area (Å²) in [5.74, 6) is 0.661. The molecule has 0 N–H and O–H groups in total. The molecule has 1 unspecified atom stereocenters. The summed E-state index contributed by atoms with van der Waals surface area (Å²) in [6, 6.07) is 0. The van der Waals surface area contributed by atoms with Gasteiger partial charge in [-0.25, -0.2) is 0 Å². The van der Waals surface area contributed by atoms with E-state index in [1.54, 1.807) is 6.21 Å². The fraction of sp³-hybridized carbons (Fsp3) is 0.625. The normalized spacial score (nSPS) is 15.4. The lowest BCUT2D eigenvalue weighted by molar-refractivity contribution is 0.697. The van der Waals surface area contributed by atoms with Gasteiger partial charge < -0.3 is 0 Å². The van der Waals surface area contributed by atoms with E-state index in [0.29, 0.717) is 5.92 Å². The maximum absolute atomic E-state index is 3.95. The second-order valence-electron chi connectivity index (χ2n) is 2.13. The molecule has 1 atom stereocenters. The second-order valence-corrected chi connectivity index (χ2v) is 2.13. The van der Waals surface area contributed by atoms with E-state index in [1.165, 1.54) is 6.42 Å². The summed E-state index contributed by atoms with van der Waals surface area (Å²) in [6.07, 6.45) is 6.95. The van der Waals surface area contributed by atoms with E-state index in [9.17, 15) is 0 Å². The van der Waals surface area contributed by atoms with Gasteiger partial charge in [0.25, 0.3) is 0 Å². The van der Waals surface area contributed by atoms with E-state index in [-0.39, 0.29) is 0 Å². The van der Waals surface area contributed by atoms with Crippen molar-refractivity contribution in [3.05, 3.63) is 12.3 Å². The predicted molar refractivity (Wildman–Crippen MR) is 42.8 cm³/mol. The smallest absolute Gasteiger partial charge is 0.0226 e. The molecule has 0 fully saturated rings. The molecule has 9 heavy (non-hydrogen) atoms. The van der Waals surface area contributed by atoms with Crippen LogP contribution in [0.4, 0.5) is 0 Å². The molecule has 0 aromatic heterocycles. The molecule has 0 aliphatic heterocycles. The minimum absolute atomic E-state index is 0.661. The van der Waals surface area contributed by atoms with Crippen molar-refractivity contribution in [3.63, 3.8) is 0 Å². The van der Waals surface area contributed by atoms with Crippen LogP contribution in [-0.2, 0) is 0 Å². The molecule has 0 bridgehead atoms. The zero-order valence-corrected chi connectivity index (χ0v) is 6.46. The molecule has 0 amide bonds. The summed E-state index contributed by atoms with van der Waals surface area (Å²) in [7, 11) is 0. The third-order valence-electron chi connectivity index (χ3n) is 1.29. The van der Waals surface area contributed by atoms with Crippen molar-refractivity contribution in [2.75, 3.05) is 0 Å². The van der Waals surface area contributed by atoms with Gasteiger partial charge in [-0.3, -0.25) is 4.99 Å². The van der Waals surface area contributed by atoms with Gasteiger partial charge in [0.05, 0.1) is 0 Å². The number of aliphatic imine (C=N–C) groups is 1. The quantitative estimate of drug-likeness (QED) is 0.514. The molecule has 0 heterocycles. The third-order valence-corrected chi connectivity index (χ3v) is 1.29. The van der Waals surface area contributed by atoms with Crippen LogP contribution in [0.15, 0.2) is 17.3 Å². The van der Waals surface area contributed by atoms with Crippen molar-refractivity contribution in [2.45, 2.75) is 27.2 Å².